The van der Waals surface area contributed by atoms with Gasteiger partial charge in [0, 0.05) is 49.4 Å². The highest BCUT2D eigenvalue weighted by atomic mass is 19.1. The third kappa shape index (κ3) is 6.27. The largest absolute Gasteiger partial charge is 0.497 e. The van der Waals surface area contributed by atoms with Gasteiger partial charge in [-0.15, -0.1) is 5.10 Å². The molecule has 0 bridgehead atoms. The van der Waals surface area contributed by atoms with Gasteiger partial charge in [0.25, 0.3) is 0 Å². The van der Waals surface area contributed by atoms with Gasteiger partial charge in [0.05, 0.1) is 50.7 Å². The van der Waals surface area contributed by atoms with Crippen LogP contribution in [0.3, 0.4) is 0 Å². The molecule has 0 radical (unpaired) electrons. The maximum absolute atomic E-state index is 15.2. The number of hydrogen-bond donors (Lipinski definition) is 2. The Bertz CT molecular complexity index is 1840. The minimum absolute atomic E-state index is 0.196. The minimum Gasteiger partial charge on any atom is -0.497 e. The number of aromatic nitrogens is 6. The van der Waals surface area contributed by atoms with Crippen molar-refractivity contribution in [3.8, 4) is 17.2 Å². The number of nitrogens with zero attached hydrogens (tertiary/aromatic N) is 7. The summed E-state index contributed by atoms with van der Waals surface area (Å²) in [6, 6.07) is 8.12. The highest BCUT2D eigenvalue weighted by Gasteiger charge is 2.32. The van der Waals surface area contributed by atoms with Gasteiger partial charge < -0.3 is 29.5 Å². The first-order valence-corrected chi connectivity index (χ1v) is 14.6. The summed E-state index contributed by atoms with van der Waals surface area (Å²) in [7, 11) is 4.62. The molecule has 0 spiro atoms. The van der Waals surface area contributed by atoms with Crippen LogP contribution in [0.15, 0.2) is 42.7 Å². The van der Waals surface area contributed by atoms with Crippen molar-refractivity contribution in [3.63, 3.8) is 0 Å². The van der Waals surface area contributed by atoms with E-state index in [1.807, 2.05) is 17.0 Å². The lowest BCUT2D eigenvalue weighted by Gasteiger charge is -2.34. The topological polar surface area (TPSA) is 124 Å². The van der Waals surface area contributed by atoms with Crippen LogP contribution in [0.2, 0.25) is 0 Å². The number of fused-ring (bicyclic) bond motifs is 3. The third-order valence-electron chi connectivity index (χ3n) is 7.77. The third-order valence-corrected chi connectivity index (χ3v) is 7.77. The number of rotatable bonds is 10. The second-order valence-corrected chi connectivity index (χ2v) is 11.8. The molecule has 1 saturated heterocycles. The van der Waals surface area contributed by atoms with Crippen molar-refractivity contribution in [1.29, 1.82) is 0 Å². The Kier molecular flexibility index (Phi) is 8.08. The quantitative estimate of drug-likeness (QED) is 0.232. The van der Waals surface area contributed by atoms with E-state index < -0.39 is 17.6 Å². The van der Waals surface area contributed by atoms with E-state index in [0.29, 0.717) is 59.5 Å². The fourth-order valence-electron chi connectivity index (χ4n) is 5.71. The molecule has 1 aliphatic rings. The number of halogens is 2. The summed E-state index contributed by atoms with van der Waals surface area (Å²) in [6.45, 7) is 4.67. The Hall–Kier alpha value is -4.72. The number of piperidine rings is 1. The number of ether oxygens (including phenoxy) is 3. The molecule has 0 aliphatic carbocycles. The van der Waals surface area contributed by atoms with Gasteiger partial charge in [0.15, 0.2) is 11.5 Å². The van der Waals surface area contributed by atoms with E-state index in [0.717, 1.165) is 11.3 Å². The van der Waals surface area contributed by atoms with E-state index >= 15 is 4.39 Å². The van der Waals surface area contributed by atoms with E-state index in [2.05, 4.69) is 10.4 Å². The van der Waals surface area contributed by atoms with E-state index in [9.17, 15) is 9.50 Å². The van der Waals surface area contributed by atoms with Crippen molar-refractivity contribution < 1.29 is 28.1 Å². The van der Waals surface area contributed by atoms with Gasteiger partial charge in [-0.05, 0) is 38.5 Å². The molecule has 3 aromatic heterocycles. The predicted molar refractivity (Wildman–Crippen MR) is 165 cm³/mol. The molecule has 0 saturated carbocycles. The fraction of sp³-hybridized carbons (Fsp3) is 0.419. The molecule has 1 fully saturated rings. The number of benzene rings is 2. The van der Waals surface area contributed by atoms with Gasteiger partial charge in [0.2, 0.25) is 5.95 Å². The standard InChI is InChI=1S/C31H36F2N8O4/c1-31(2,42)17-40-16-22(13-35-40)39-14-19(8-21(33)15-39)28-37-29-24-9-20(32)10-26(45-5)27(24)36-30(41(29)38-28)34-12-18-6-7-23(43-3)11-25(18)44-4/h6-7,9-11,13,16,19,21,42H,8,12,14-15,17H2,1-5H3,(H,34,36). The molecule has 2 N–H and O–H groups in total. The Morgan fingerprint density at radius 1 is 1.04 bits per heavy atom. The van der Waals surface area contributed by atoms with E-state index in [-0.39, 0.29) is 24.6 Å². The SMILES string of the molecule is COc1ccc(CNc2nc3c(OC)cc(F)cc3c3nc(C4CC(F)CN(c5cnn(CC(C)(C)O)c5)C4)nn23)c(OC)c1. The maximum Gasteiger partial charge on any atom is 0.226 e. The molecule has 2 atom stereocenters. The lowest BCUT2D eigenvalue weighted by atomic mass is 9.96. The molecule has 1 aliphatic heterocycles. The number of methoxy groups -OCH3 is 3. The summed E-state index contributed by atoms with van der Waals surface area (Å²) in [5.41, 5.74) is 1.41. The van der Waals surface area contributed by atoms with Crippen LogP contribution < -0.4 is 24.4 Å². The second kappa shape index (κ2) is 12.0. The Morgan fingerprint density at radius 3 is 2.58 bits per heavy atom. The summed E-state index contributed by atoms with van der Waals surface area (Å²) < 4.78 is 49.4. The number of nitrogens with one attached hydrogen (secondary N) is 1. The van der Waals surface area contributed by atoms with Crippen LogP contribution in [-0.2, 0) is 13.1 Å². The zero-order valence-corrected chi connectivity index (χ0v) is 25.8. The average molecular weight is 623 g/mol. The maximum atomic E-state index is 15.2. The second-order valence-electron chi connectivity index (χ2n) is 11.8. The van der Waals surface area contributed by atoms with Gasteiger partial charge in [-0.2, -0.15) is 9.61 Å². The molecule has 45 heavy (non-hydrogen) atoms. The van der Waals surface area contributed by atoms with Crippen LogP contribution in [0.1, 0.15) is 37.6 Å². The molecule has 2 aromatic carbocycles. The van der Waals surface area contributed by atoms with Crippen molar-refractivity contribution in [2.24, 2.45) is 0 Å². The number of aliphatic hydroxyl groups is 1. The van der Waals surface area contributed by atoms with Crippen LogP contribution in [0, 0.1) is 5.82 Å². The normalized spacial score (nSPS) is 17.2. The molecule has 2 unspecified atom stereocenters. The first kappa shape index (κ1) is 30.3. The first-order chi connectivity index (χ1) is 21.5. The number of anilines is 2. The van der Waals surface area contributed by atoms with Crippen molar-refractivity contribution in [2.75, 3.05) is 44.6 Å². The zero-order valence-electron chi connectivity index (χ0n) is 25.8. The predicted octanol–water partition coefficient (Wildman–Crippen LogP) is 4.35. The number of hydrogen-bond acceptors (Lipinski definition) is 10. The highest BCUT2D eigenvalue weighted by molar-refractivity contribution is 5.96. The molecule has 5 aromatic rings. The summed E-state index contributed by atoms with van der Waals surface area (Å²) in [5.74, 6) is 1.41. The monoisotopic (exact) mass is 622 g/mol. The summed E-state index contributed by atoms with van der Waals surface area (Å²) in [6.07, 6.45) is 2.55. The lowest BCUT2D eigenvalue weighted by molar-refractivity contribution is 0.0577. The van der Waals surface area contributed by atoms with Crippen molar-refractivity contribution >= 4 is 28.2 Å². The van der Waals surface area contributed by atoms with Crippen molar-refractivity contribution in [1.82, 2.24) is 29.4 Å². The van der Waals surface area contributed by atoms with Gasteiger partial charge in [-0.1, -0.05) is 0 Å². The molecule has 4 heterocycles. The Labute approximate surface area is 258 Å². The van der Waals surface area contributed by atoms with Gasteiger partial charge in [-0.3, -0.25) is 4.68 Å². The molecular weight excluding hydrogens is 586 g/mol. The fourth-order valence-corrected chi connectivity index (χ4v) is 5.71. The van der Waals surface area contributed by atoms with E-state index in [4.69, 9.17) is 29.3 Å². The summed E-state index contributed by atoms with van der Waals surface area (Å²) in [4.78, 5) is 11.5. The number of alkyl halides is 1. The molecule has 14 heteroatoms. The Balaban J connectivity index is 1.37. The smallest absolute Gasteiger partial charge is 0.226 e. The van der Waals surface area contributed by atoms with Crippen LogP contribution in [0.4, 0.5) is 20.4 Å². The van der Waals surface area contributed by atoms with Gasteiger partial charge in [-0.25, -0.2) is 18.7 Å². The molecular formula is C31H36F2N8O4. The van der Waals surface area contributed by atoms with Crippen LogP contribution in [0.5, 0.6) is 17.2 Å². The van der Waals surface area contributed by atoms with Crippen molar-refractivity contribution in [2.45, 2.75) is 51.0 Å². The first-order valence-electron chi connectivity index (χ1n) is 14.6. The van der Waals surface area contributed by atoms with Crippen LogP contribution in [-0.4, -0.2) is 80.7 Å². The molecule has 6 rings (SSSR count). The van der Waals surface area contributed by atoms with Crippen LogP contribution >= 0.6 is 0 Å². The summed E-state index contributed by atoms with van der Waals surface area (Å²) >= 11 is 0. The highest BCUT2D eigenvalue weighted by Crippen LogP contribution is 2.34. The zero-order chi connectivity index (χ0) is 31.9. The molecule has 0 amide bonds. The molecule has 12 nitrogen and oxygen atoms in total. The van der Waals surface area contributed by atoms with E-state index in [1.165, 1.54) is 23.8 Å². The van der Waals surface area contributed by atoms with Crippen LogP contribution in [0.25, 0.3) is 16.6 Å². The average Bonchev–Trinajstić information content (AvgIpc) is 3.66. The van der Waals surface area contributed by atoms with Gasteiger partial charge >= 0.3 is 0 Å². The van der Waals surface area contributed by atoms with Gasteiger partial charge in [0.1, 0.15) is 34.8 Å². The van der Waals surface area contributed by atoms with Crippen molar-refractivity contribution in [3.05, 3.63) is 59.9 Å². The minimum atomic E-state index is -1.14. The lowest BCUT2D eigenvalue weighted by Crippen LogP contribution is -2.41. The van der Waals surface area contributed by atoms with E-state index in [1.54, 1.807) is 51.2 Å². The Morgan fingerprint density at radius 2 is 1.84 bits per heavy atom. The molecule has 238 valence electrons. The summed E-state index contributed by atoms with van der Waals surface area (Å²) in [5, 5.41) is 23.1.